The number of alkyl halides is 2. The first-order chi connectivity index (χ1) is 22.2. The zero-order valence-electron chi connectivity index (χ0n) is 25.3. The fourth-order valence-electron chi connectivity index (χ4n) is 6.33. The van der Waals surface area contributed by atoms with Gasteiger partial charge in [-0.2, -0.15) is 13.9 Å². The number of benzene rings is 1. The number of nitrogens with zero attached hydrogens (tertiary/aromatic N) is 5. The van der Waals surface area contributed by atoms with E-state index >= 15 is 0 Å². The van der Waals surface area contributed by atoms with Crippen LogP contribution in [0.15, 0.2) is 61.2 Å². The lowest BCUT2D eigenvalue weighted by atomic mass is 10.0. The molecule has 3 amide bonds. The van der Waals surface area contributed by atoms with Gasteiger partial charge in [-0.3, -0.25) is 9.48 Å². The van der Waals surface area contributed by atoms with E-state index in [-0.39, 0.29) is 44.9 Å². The molecule has 0 radical (unpaired) electrons. The Morgan fingerprint density at radius 2 is 1.98 bits per heavy atom. The predicted octanol–water partition coefficient (Wildman–Crippen LogP) is 3.36. The third-order valence-electron chi connectivity index (χ3n) is 8.62. The summed E-state index contributed by atoms with van der Waals surface area (Å²) in [6, 6.07) is 3.99. The molecule has 0 atom stereocenters. The van der Waals surface area contributed by atoms with E-state index in [1.54, 1.807) is 30.6 Å². The molecule has 6 rings (SSSR count). The van der Waals surface area contributed by atoms with Gasteiger partial charge in [0.2, 0.25) is 5.91 Å². The minimum Gasteiger partial charge on any atom is -0.434 e. The third-order valence-corrected chi connectivity index (χ3v) is 8.85. The van der Waals surface area contributed by atoms with Crippen molar-refractivity contribution in [2.24, 2.45) is 0 Å². The second-order valence-corrected chi connectivity index (χ2v) is 11.9. The summed E-state index contributed by atoms with van der Waals surface area (Å²) in [5.74, 6) is -0.325. The van der Waals surface area contributed by atoms with Crippen LogP contribution in [-0.4, -0.2) is 94.4 Å². The molecular weight excluding hydrogens is 624 g/mol. The number of hydrogen-bond acceptors (Lipinski definition) is 8. The molecule has 1 aromatic heterocycles. The van der Waals surface area contributed by atoms with Gasteiger partial charge in [0.15, 0.2) is 0 Å². The number of hydrogen-bond donors (Lipinski definition) is 4. The smallest absolute Gasteiger partial charge is 0.387 e. The molecule has 4 aliphatic heterocycles. The van der Waals surface area contributed by atoms with Gasteiger partial charge in [0.25, 0.3) is 5.66 Å². The average Bonchev–Trinajstić information content (AvgIpc) is 3.72. The maximum atomic E-state index is 13.9. The van der Waals surface area contributed by atoms with Crippen LogP contribution in [0.2, 0.25) is 5.02 Å². The number of likely N-dealkylation sites (tertiary alicyclic amines) is 1. The molecule has 1 saturated heterocycles. The number of quaternary nitrogens is 1. The summed E-state index contributed by atoms with van der Waals surface area (Å²) in [4.78, 5) is 30.6. The standard InChI is InChI=1S/C30H36ClF2N9O4/c1-45-17-2-10-34-22-6-14-39(15-7-22)26(43)20-40-19-24(27(38-40)23-18-21(31)4-5-25(23)46-28(32)33)37-29(44)41-13-3-16-42-30(41,8-11-35-42)9-12-36-42/h3-5,8-9,11-13,18-19,22,28,34-36H,2,6-7,10,14-17,20H2,1H3/p+1. The van der Waals surface area contributed by atoms with Crippen LogP contribution in [0, 0.1) is 0 Å². The topological polar surface area (TPSA) is 125 Å². The van der Waals surface area contributed by atoms with Gasteiger partial charge < -0.3 is 25.0 Å². The maximum absolute atomic E-state index is 13.9. The van der Waals surface area contributed by atoms with Crippen molar-refractivity contribution in [1.82, 2.24) is 35.7 Å². The quantitative estimate of drug-likeness (QED) is 0.214. The van der Waals surface area contributed by atoms with Gasteiger partial charge in [-0.25, -0.2) is 20.5 Å². The second kappa shape index (κ2) is 13.3. The molecule has 46 heavy (non-hydrogen) atoms. The highest BCUT2D eigenvalue weighted by Gasteiger charge is 2.61. The fraction of sp³-hybridized carbons (Fsp3) is 0.433. The minimum atomic E-state index is -3.11. The van der Waals surface area contributed by atoms with Crippen molar-refractivity contribution < 1.29 is 32.5 Å². The second-order valence-electron chi connectivity index (χ2n) is 11.4. The van der Waals surface area contributed by atoms with Crippen LogP contribution < -0.4 is 26.2 Å². The Kier molecular flexibility index (Phi) is 9.18. The third kappa shape index (κ3) is 6.15. The Bertz CT molecular complexity index is 1520. The highest BCUT2D eigenvalue weighted by Crippen LogP contribution is 2.40. The van der Waals surface area contributed by atoms with Gasteiger partial charge in [0.1, 0.15) is 24.5 Å². The zero-order chi connectivity index (χ0) is 32.3. The number of halogens is 3. The van der Waals surface area contributed by atoms with Crippen LogP contribution in [0.5, 0.6) is 5.75 Å². The van der Waals surface area contributed by atoms with E-state index < -0.39 is 18.3 Å². The number of aromatic nitrogens is 2. The molecule has 5 heterocycles. The Labute approximate surface area is 269 Å². The molecule has 4 N–H and O–H groups in total. The number of carbonyl (C=O) groups is 2. The lowest BCUT2D eigenvalue weighted by Crippen LogP contribution is -2.75. The predicted molar refractivity (Wildman–Crippen MR) is 166 cm³/mol. The molecule has 16 heteroatoms. The first-order valence-electron chi connectivity index (χ1n) is 15.1. The van der Waals surface area contributed by atoms with E-state index in [4.69, 9.17) is 21.1 Å². The van der Waals surface area contributed by atoms with Gasteiger partial charge in [0.05, 0.1) is 18.1 Å². The molecule has 246 valence electrons. The Balaban J connectivity index is 1.24. The van der Waals surface area contributed by atoms with Crippen molar-refractivity contribution in [2.75, 3.05) is 45.2 Å². The van der Waals surface area contributed by atoms with Crippen molar-refractivity contribution >= 4 is 29.2 Å². The molecule has 1 aromatic carbocycles. The van der Waals surface area contributed by atoms with Crippen molar-refractivity contribution in [3.63, 3.8) is 0 Å². The fourth-order valence-corrected chi connectivity index (χ4v) is 6.51. The molecule has 4 aliphatic rings. The molecule has 0 saturated carbocycles. The van der Waals surface area contributed by atoms with E-state index in [1.807, 2.05) is 18.2 Å². The number of methoxy groups -OCH3 is 1. The van der Waals surface area contributed by atoms with Gasteiger partial charge in [-0.05, 0) is 50.1 Å². The Hall–Kier alpha value is -4.18. The zero-order valence-corrected chi connectivity index (χ0v) is 26.1. The number of anilines is 1. The van der Waals surface area contributed by atoms with Crippen molar-refractivity contribution in [1.29, 1.82) is 0 Å². The van der Waals surface area contributed by atoms with Gasteiger partial charge in [-0.15, -0.1) is 0 Å². The molecule has 0 spiro atoms. The van der Waals surface area contributed by atoms with Crippen LogP contribution in [0.4, 0.5) is 19.3 Å². The van der Waals surface area contributed by atoms with Crippen molar-refractivity contribution in [3.05, 3.63) is 66.2 Å². The van der Waals surface area contributed by atoms with Gasteiger partial charge >= 0.3 is 12.6 Å². The number of nitrogens with one attached hydrogen (secondary N) is 4. The highest BCUT2D eigenvalue weighted by molar-refractivity contribution is 6.31. The molecule has 0 aliphatic carbocycles. The largest absolute Gasteiger partial charge is 0.434 e. The van der Waals surface area contributed by atoms with Gasteiger partial charge in [-0.1, -0.05) is 16.3 Å². The average molecular weight is 661 g/mol. The van der Waals surface area contributed by atoms with Crippen LogP contribution in [0.3, 0.4) is 0 Å². The Morgan fingerprint density at radius 1 is 1.22 bits per heavy atom. The molecule has 0 unspecified atom stereocenters. The molecule has 1 fully saturated rings. The monoisotopic (exact) mass is 660 g/mol. The van der Waals surface area contributed by atoms with E-state index in [2.05, 4.69) is 26.6 Å². The van der Waals surface area contributed by atoms with Crippen molar-refractivity contribution in [3.8, 4) is 17.0 Å². The van der Waals surface area contributed by atoms with Crippen LogP contribution >= 0.6 is 11.6 Å². The number of urea groups is 1. The van der Waals surface area contributed by atoms with Crippen LogP contribution in [0.1, 0.15) is 19.3 Å². The number of ether oxygens (including phenoxy) is 2. The minimum absolute atomic E-state index is 0.118. The lowest BCUT2D eigenvalue weighted by molar-refractivity contribution is -1.02. The van der Waals surface area contributed by atoms with E-state index in [9.17, 15) is 18.4 Å². The van der Waals surface area contributed by atoms with Crippen molar-refractivity contribution in [2.45, 2.75) is 44.1 Å². The summed E-state index contributed by atoms with van der Waals surface area (Å²) in [5.41, 5.74) is 6.09. The Morgan fingerprint density at radius 3 is 2.70 bits per heavy atom. The summed E-state index contributed by atoms with van der Waals surface area (Å²) in [7, 11) is 1.68. The van der Waals surface area contributed by atoms with Gasteiger partial charge in [0, 0.05) is 68.0 Å². The molecular formula is C30H37ClF2N9O4+. The first-order valence-corrected chi connectivity index (χ1v) is 15.5. The summed E-state index contributed by atoms with van der Waals surface area (Å²) in [5, 5.41) is 11.2. The van der Waals surface area contributed by atoms with E-state index in [1.165, 1.54) is 34.0 Å². The number of amides is 3. The van der Waals surface area contributed by atoms with E-state index in [0.717, 1.165) is 25.8 Å². The summed E-state index contributed by atoms with van der Waals surface area (Å²) < 4.78 is 38.2. The number of carbonyl (C=O) groups excluding carboxylic acids is 2. The summed E-state index contributed by atoms with van der Waals surface area (Å²) in [6.45, 7) is 0.0659. The SMILES string of the molecule is COCCCNC1CCN(C(=O)Cn2cc(NC(=O)N3C=CC[N+]45NC=CC34C=CN5)c(-c3cc(Cl)ccc3OC(F)F)n2)CC1. The summed E-state index contributed by atoms with van der Waals surface area (Å²) in [6.07, 6.45) is 14.9. The molecule has 0 bridgehead atoms. The molecule has 2 aromatic rings. The maximum Gasteiger partial charge on any atom is 0.387 e. The lowest BCUT2D eigenvalue weighted by Gasteiger charge is -2.46. The first kappa shape index (κ1) is 31.8. The van der Waals surface area contributed by atoms with Crippen LogP contribution in [0.25, 0.3) is 11.3 Å². The van der Waals surface area contributed by atoms with Crippen LogP contribution in [-0.2, 0) is 16.1 Å². The molecule has 13 nitrogen and oxygen atoms in total. The van der Waals surface area contributed by atoms with E-state index in [0.29, 0.717) is 32.3 Å². The highest BCUT2D eigenvalue weighted by atomic mass is 35.5. The normalized spacial score (nSPS) is 23.3. The number of rotatable bonds is 11. The summed E-state index contributed by atoms with van der Waals surface area (Å²) >= 11 is 6.27. The number of piperidine rings is 1.